The van der Waals surface area contributed by atoms with Gasteiger partial charge in [-0.3, -0.25) is 4.98 Å². The Kier molecular flexibility index (Phi) is 14.0. The zero-order valence-electron chi connectivity index (χ0n) is 19.9. The first kappa shape index (κ1) is 29.5. The summed E-state index contributed by atoms with van der Waals surface area (Å²) in [5, 5.41) is 29.3. The van der Waals surface area contributed by atoms with Gasteiger partial charge in [0.1, 0.15) is 35.9 Å². The van der Waals surface area contributed by atoms with Crippen LogP contribution in [-0.4, -0.2) is 101 Å². The van der Waals surface area contributed by atoms with Crippen molar-refractivity contribution in [2.24, 2.45) is 0 Å². The number of nitrogen functional groups attached to an aromatic ring is 1. The number of carbonyl (C=O) groups is 1. The maximum Gasteiger partial charge on any atom is 0.407 e. The molecule has 0 aliphatic carbocycles. The molecule has 1 aromatic heterocycles. The van der Waals surface area contributed by atoms with Crippen LogP contribution in [0.15, 0.2) is 12.4 Å². The van der Waals surface area contributed by atoms with Gasteiger partial charge in [0.05, 0.1) is 44.9 Å². The highest BCUT2D eigenvalue weighted by molar-refractivity contribution is 5.67. The summed E-state index contributed by atoms with van der Waals surface area (Å²) >= 11 is 0. The normalized spacial score (nSPS) is 19.8. The molecule has 0 bridgehead atoms. The van der Waals surface area contributed by atoms with Crippen LogP contribution in [0.25, 0.3) is 0 Å². The number of ether oxygens (including phenoxy) is 4. The third-order valence-corrected chi connectivity index (χ3v) is 4.03. The van der Waals surface area contributed by atoms with Crippen LogP contribution in [0, 0.1) is 11.8 Å². The number of nitrogens with one attached hydrogen (secondary N) is 1. The molecule has 0 saturated carbocycles. The lowest BCUT2D eigenvalue weighted by Crippen LogP contribution is -2.46. The maximum atomic E-state index is 11.4. The molecule has 192 valence electrons. The van der Waals surface area contributed by atoms with Gasteiger partial charge in [-0.15, -0.1) is 0 Å². The highest BCUT2D eigenvalue weighted by Gasteiger charge is 2.30. The zero-order chi connectivity index (χ0) is 25.4. The molecule has 1 aliphatic rings. The van der Waals surface area contributed by atoms with Gasteiger partial charge >= 0.3 is 6.09 Å². The number of amides is 1. The number of aliphatic hydroxyl groups is 3. The van der Waals surface area contributed by atoms with Gasteiger partial charge in [-0.2, -0.15) is 0 Å². The van der Waals surface area contributed by atoms with E-state index in [-0.39, 0.29) is 13.2 Å². The van der Waals surface area contributed by atoms with E-state index in [0.29, 0.717) is 50.9 Å². The SMILES string of the molecule is CC(C)(C)OC(=O)NCCOCCOCC#Cc1cncc(N)n1.OCC1OCCC(O)C1O. The predicted molar refractivity (Wildman–Crippen MR) is 123 cm³/mol. The van der Waals surface area contributed by atoms with Crippen LogP contribution in [0.5, 0.6) is 0 Å². The minimum absolute atomic E-state index is 0.238. The minimum Gasteiger partial charge on any atom is -0.444 e. The van der Waals surface area contributed by atoms with E-state index in [0.717, 1.165) is 0 Å². The van der Waals surface area contributed by atoms with E-state index in [1.807, 2.05) is 20.8 Å². The van der Waals surface area contributed by atoms with Crippen molar-refractivity contribution in [3.63, 3.8) is 0 Å². The van der Waals surface area contributed by atoms with E-state index in [1.54, 1.807) is 0 Å². The number of rotatable bonds is 8. The maximum absolute atomic E-state index is 11.4. The molecule has 1 aromatic rings. The quantitative estimate of drug-likeness (QED) is 0.236. The summed E-state index contributed by atoms with van der Waals surface area (Å²) in [5.74, 6) is 5.93. The van der Waals surface area contributed by atoms with Crippen molar-refractivity contribution in [1.29, 1.82) is 0 Å². The van der Waals surface area contributed by atoms with Gasteiger partial charge in [-0.05, 0) is 33.1 Å². The Balaban J connectivity index is 0.000000479. The number of aromatic nitrogens is 2. The number of nitrogens with two attached hydrogens (primary N) is 1. The molecule has 6 N–H and O–H groups in total. The molecular weight excluding hydrogens is 448 g/mol. The molecule has 1 amide bonds. The summed E-state index contributed by atoms with van der Waals surface area (Å²) < 4.78 is 20.6. The fourth-order valence-corrected chi connectivity index (χ4v) is 2.47. The number of hydrogen-bond acceptors (Lipinski definition) is 11. The standard InChI is InChI=1S/C16H24N4O4.C6H12O4/c1-16(2,3)24-15(21)19-6-8-23-10-9-22-7-4-5-13-11-18-12-14(17)20-13;7-3-5-6(9)4(8)1-2-10-5/h11-12H,6-10H2,1-3H3,(H2,17,20)(H,19,21);4-9H,1-3H2. The summed E-state index contributed by atoms with van der Waals surface area (Å²) in [7, 11) is 0. The smallest absolute Gasteiger partial charge is 0.407 e. The van der Waals surface area contributed by atoms with Crippen molar-refractivity contribution >= 4 is 11.9 Å². The molecule has 0 spiro atoms. The first-order valence-corrected chi connectivity index (χ1v) is 10.9. The third-order valence-electron chi connectivity index (χ3n) is 4.03. The van der Waals surface area contributed by atoms with Crippen LogP contribution in [0.4, 0.5) is 10.6 Å². The van der Waals surface area contributed by atoms with Gasteiger partial charge in [0.2, 0.25) is 0 Å². The van der Waals surface area contributed by atoms with E-state index >= 15 is 0 Å². The Morgan fingerprint density at radius 2 is 2.00 bits per heavy atom. The first-order chi connectivity index (χ1) is 16.1. The minimum atomic E-state index is -0.932. The molecule has 12 nitrogen and oxygen atoms in total. The van der Waals surface area contributed by atoms with Gasteiger partial charge in [0.15, 0.2) is 0 Å². The lowest BCUT2D eigenvalue weighted by Gasteiger charge is -2.30. The summed E-state index contributed by atoms with van der Waals surface area (Å²) in [6, 6.07) is 0. The Morgan fingerprint density at radius 3 is 2.65 bits per heavy atom. The zero-order valence-corrected chi connectivity index (χ0v) is 19.9. The Hall–Kier alpha value is -2.53. The van der Waals surface area contributed by atoms with Crippen molar-refractivity contribution in [1.82, 2.24) is 15.3 Å². The van der Waals surface area contributed by atoms with Crippen molar-refractivity contribution in [2.45, 2.75) is 51.1 Å². The summed E-state index contributed by atoms with van der Waals surface area (Å²) in [6.07, 6.45) is 0.689. The van der Waals surface area contributed by atoms with Crippen molar-refractivity contribution in [3.8, 4) is 11.8 Å². The number of nitrogens with zero attached hydrogens (tertiary/aromatic N) is 2. The van der Waals surface area contributed by atoms with Crippen LogP contribution in [0.2, 0.25) is 0 Å². The molecule has 2 rings (SSSR count). The summed E-state index contributed by atoms with van der Waals surface area (Å²) in [5.41, 5.74) is 5.49. The average Bonchev–Trinajstić information content (AvgIpc) is 2.76. The monoisotopic (exact) mass is 484 g/mol. The van der Waals surface area contributed by atoms with Crippen LogP contribution in [-0.2, 0) is 18.9 Å². The predicted octanol–water partition coefficient (Wildman–Crippen LogP) is -0.542. The number of alkyl carbamates (subject to hydrolysis) is 1. The third kappa shape index (κ3) is 13.9. The molecular formula is C22H36N4O8. The highest BCUT2D eigenvalue weighted by atomic mass is 16.6. The van der Waals surface area contributed by atoms with E-state index in [9.17, 15) is 4.79 Å². The van der Waals surface area contributed by atoms with Gasteiger partial charge in [0.25, 0.3) is 0 Å². The van der Waals surface area contributed by atoms with Crippen molar-refractivity contribution < 1.29 is 39.1 Å². The lowest BCUT2D eigenvalue weighted by atomic mass is 10.0. The largest absolute Gasteiger partial charge is 0.444 e. The topological polar surface area (TPSA) is 179 Å². The molecule has 3 unspecified atom stereocenters. The number of aliphatic hydroxyl groups excluding tert-OH is 3. The van der Waals surface area contributed by atoms with Crippen LogP contribution >= 0.6 is 0 Å². The van der Waals surface area contributed by atoms with E-state index in [4.69, 9.17) is 40.0 Å². The fraction of sp³-hybridized carbons (Fsp3) is 0.682. The van der Waals surface area contributed by atoms with Crippen molar-refractivity contribution in [2.75, 3.05) is 51.9 Å². The number of hydrogen-bond donors (Lipinski definition) is 5. The molecule has 12 heteroatoms. The molecule has 1 aliphatic heterocycles. The molecule has 0 aromatic carbocycles. The highest BCUT2D eigenvalue weighted by Crippen LogP contribution is 2.13. The summed E-state index contributed by atoms with van der Waals surface area (Å²) in [6.45, 7) is 7.43. The molecule has 34 heavy (non-hydrogen) atoms. The van der Waals surface area contributed by atoms with Crippen LogP contribution in [0.3, 0.4) is 0 Å². The number of anilines is 1. The van der Waals surface area contributed by atoms with Crippen LogP contribution in [0.1, 0.15) is 32.9 Å². The van der Waals surface area contributed by atoms with E-state index < -0.39 is 30.0 Å². The second-order valence-corrected chi connectivity index (χ2v) is 8.16. The van der Waals surface area contributed by atoms with Gasteiger partial charge in [-0.1, -0.05) is 5.92 Å². The molecule has 0 radical (unpaired) electrons. The second-order valence-electron chi connectivity index (χ2n) is 8.16. The van der Waals surface area contributed by atoms with Gasteiger partial charge in [-0.25, -0.2) is 9.78 Å². The van der Waals surface area contributed by atoms with E-state index in [2.05, 4.69) is 27.1 Å². The second kappa shape index (κ2) is 16.2. The molecule has 3 atom stereocenters. The van der Waals surface area contributed by atoms with E-state index in [1.165, 1.54) is 12.4 Å². The van der Waals surface area contributed by atoms with Gasteiger partial charge < -0.3 is 45.3 Å². The summed E-state index contributed by atoms with van der Waals surface area (Å²) in [4.78, 5) is 19.2. The Labute approximate surface area is 199 Å². The molecule has 1 saturated heterocycles. The first-order valence-electron chi connectivity index (χ1n) is 10.9. The number of carbonyl (C=O) groups excluding carboxylic acids is 1. The van der Waals surface area contributed by atoms with Crippen LogP contribution < -0.4 is 11.1 Å². The Morgan fingerprint density at radius 1 is 1.26 bits per heavy atom. The average molecular weight is 485 g/mol. The van der Waals surface area contributed by atoms with Crippen molar-refractivity contribution in [3.05, 3.63) is 18.1 Å². The van der Waals surface area contributed by atoms with Gasteiger partial charge in [0, 0.05) is 13.2 Å². The molecule has 2 heterocycles. The Bertz CT molecular complexity index is 778. The fourth-order valence-electron chi connectivity index (χ4n) is 2.47. The lowest BCUT2D eigenvalue weighted by molar-refractivity contribution is -0.147. The molecule has 1 fully saturated rings.